The maximum Gasteiger partial charge on any atom is 0.335 e. The number of carboxylic acids is 1. The van der Waals surface area contributed by atoms with Crippen molar-refractivity contribution < 1.29 is 23.1 Å². The molecular weight excluding hydrogens is 320 g/mol. The number of carboxylic acid groups (broad SMARTS) is 1. The Morgan fingerprint density at radius 2 is 2.00 bits per heavy atom. The first kappa shape index (κ1) is 17.4. The minimum Gasteiger partial charge on any atom is -0.478 e. The fraction of sp³-hybridized carbons (Fsp3) is 0.333. The van der Waals surface area contributed by atoms with Gasteiger partial charge in [-0.15, -0.1) is 0 Å². The van der Waals surface area contributed by atoms with Gasteiger partial charge in [0.25, 0.3) is 0 Å². The van der Waals surface area contributed by atoms with Crippen molar-refractivity contribution >= 4 is 33.5 Å². The lowest BCUT2D eigenvalue weighted by Gasteiger charge is -2.15. The number of hydrogen-bond donors (Lipinski definition) is 2. The van der Waals surface area contributed by atoms with Gasteiger partial charge in [0.1, 0.15) is 4.90 Å². The molecule has 0 bridgehead atoms. The van der Waals surface area contributed by atoms with Crippen molar-refractivity contribution in [3.8, 4) is 0 Å². The second-order valence-corrected chi connectivity index (χ2v) is 6.33. The van der Waals surface area contributed by atoms with E-state index in [9.17, 15) is 18.0 Å². The summed E-state index contributed by atoms with van der Waals surface area (Å²) in [6.45, 7) is 1.76. The molecule has 0 heterocycles. The Labute approximate surface area is 127 Å². The van der Waals surface area contributed by atoms with Crippen LogP contribution in [-0.4, -0.2) is 50.4 Å². The Morgan fingerprint density at radius 3 is 2.52 bits per heavy atom. The first-order valence-corrected chi connectivity index (χ1v) is 7.81. The standard InChI is InChI=1S/C12H15ClN2O5S/c1-3-15(2)11(16)7-14-21(19,20)10-6-8(12(17)18)4-5-9(10)13/h4-6,14H,3,7H2,1-2H3,(H,17,18). The lowest BCUT2D eigenvalue weighted by Crippen LogP contribution is -2.38. The van der Waals surface area contributed by atoms with E-state index in [0.717, 1.165) is 6.07 Å². The van der Waals surface area contributed by atoms with Crippen LogP contribution in [-0.2, 0) is 14.8 Å². The van der Waals surface area contributed by atoms with Crippen molar-refractivity contribution in [2.24, 2.45) is 0 Å². The maximum atomic E-state index is 12.1. The van der Waals surface area contributed by atoms with Crippen LogP contribution in [0.1, 0.15) is 17.3 Å². The maximum absolute atomic E-state index is 12.1. The van der Waals surface area contributed by atoms with Gasteiger partial charge in [-0.25, -0.2) is 17.9 Å². The number of sulfonamides is 1. The van der Waals surface area contributed by atoms with Crippen LogP contribution in [0.25, 0.3) is 0 Å². The van der Waals surface area contributed by atoms with E-state index in [1.807, 2.05) is 0 Å². The highest BCUT2D eigenvalue weighted by Crippen LogP contribution is 2.22. The highest BCUT2D eigenvalue weighted by molar-refractivity contribution is 7.89. The van der Waals surface area contributed by atoms with Crippen molar-refractivity contribution in [3.63, 3.8) is 0 Å². The third-order valence-electron chi connectivity index (χ3n) is 2.78. The fourth-order valence-corrected chi connectivity index (χ4v) is 2.89. The summed E-state index contributed by atoms with van der Waals surface area (Å²) in [6, 6.07) is 3.32. The van der Waals surface area contributed by atoms with Crippen LogP contribution in [0.2, 0.25) is 5.02 Å². The number of benzene rings is 1. The zero-order chi connectivity index (χ0) is 16.2. The minimum atomic E-state index is -4.08. The van der Waals surface area contributed by atoms with E-state index in [0.29, 0.717) is 6.54 Å². The number of nitrogens with zero attached hydrogens (tertiary/aromatic N) is 1. The van der Waals surface area contributed by atoms with Crippen molar-refractivity contribution in [2.75, 3.05) is 20.1 Å². The minimum absolute atomic E-state index is 0.121. The Hall–Kier alpha value is -1.64. The Balaban J connectivity index is 3.00. The van der Waals surface area contributed by atoms with Gasteiger partial charge in [-0.05, 0) is 25.1 Å². The molecule has 0 radical (unpaired) electrons. The molecule has 1 aromatic carbocycles. The number of rotatable bonds is 6. The largest absolute Gasteiger partial charge is 0.478 e. The van der Waals surface area contributed by atoms with Gasteiger partial charge in [0.15, 0.2) is 0 Å². The van der Waals surface area contributed by atoms with Crippen LogP contribution < -0.4 is 4.72 Å². The quantitative estimate of drug-likeness (QED) is 0.800. The third kappa shape index (κ3) is 4.42. The number of amides is 1. The summed E-state index contributed by atoms with van der Waals surface area (Å²) in [4.78, 5) is 23.4. The average Bonchev–Trinajstić information content (AvgIpc) is 2.43. The van der Waals surface area contributed by atoms with Gasteiger partial charge in [0.05, 0.1) is 17.1 Å². The summed E-state index contributed by atoms with van der Waals surface area (Å²) in [6.07, 6.45) is 0. The van der Waals surface area contributed by atoms with Crippen LogP contribution in [0, 0.1) is 0 Å². The smallest absolute Gasteiger partial charge is 0.335 e. The van der Waals surface area contributed by atoms with Crippen LogP contribution in [0.15, 0.2) is 23.1 Å². The van der Waals surface area contributed by atoms with Crippen molar-refractivity contribution in [1.29, 1.82) is 0 Å². The molecule has 1 aromatic rings. The number of likely N-dealkylation sites (N-methyl/N-ethyl adjacent to an activating group) is 1. The van der Waals surface area contributed by atoms with Gasteiger partial charge < -0.3 is 10.0 Å². The van der Waals surface area contributed by atoms with Gasteiger partial charge in [-0.2, -0.15) is 0 Å². The van der Waals surface area contributed by atoms with E-state index >= 15 is 0 Å². The van der Waals surface area contributed by atoms with Gasteiger partial charge in [0, 0.05) is 13.6 Å². The molecule has 1 amide bonds. The van der Waals surface area contributed by atoms with Crippen molar-refractivity contribution in [2.45, 2.75) is 11.8 Å². The van der Waals surface area contributed by atoms with E-state index in [2.05, 4.69) is 4.72 Å². The molecule has 0 unspecified atom stereocenters. The van der Waals surface area contributed by atoms with Gasteiger partial charge in [0.2, 0.25) is 15.9 Å². The van der Waals surface area contributed by atoms with E-state index in [1.54, 1.807) is 6.92 Å². The molecule has 1 rings (SSSR count). The summed E-state index contributed by atoms with van der Waals surface area (Å²) in [5.74, 6) is -1.68. The van der Waals surface area contributed by atoms with Crippen LogP contribution in [0.4, 0.5) is 0 Å². The average molecular weight is 335 g/mol. The number of carbonyl (C=O) groups is 2. The summed E-state index contributed by atoms with van der Waals surface area (Å²) in [7, 11) is -2.54. The number of halogens is 1. The molecule has 0 fully saturated rings. The molecule has 21 heavy (non-hydrogen) atoms. The molecule has 0 aliphatic rings. The van der Waals surface area contributed by atoms with Gasteiger partial charge in [-0.3, -0.25) is 4.79 Å². The molecule has 0 spiro atoms. The summed E-state index contributed by atoms with van der Waals surface area (Å²) in [5, 5.41) is 8.75. The van der Waals surface area contributed by atoms with Crippen LogP contribution in [0.5, 0.6) is 0 Å². The van der Waals surface area contributed by atoms with Gasteiger partial charge >= 0.3 is 5.97 Å². The molecule has 7 nitrogen and oxygen atoms in total. The SMILES string of the molecule is CCN(C)C(=O)CNS(=O)(=O)c1cc(C(=O)O)ccc1Cl. The normalized spacial score (nSPS) is 11.2. The lowest BCUT2D eigenvalue weighted by atomic mass is 10.2. The number of hydrogen-bond acceptors (Lipinski definition) is 4. The molecule has 0 aromatic heterocycles. The highest BCUT2D eigenvalue weighted by Gasteiger charge is 2.21. The Morgan fingerprint density at radius 1 is 1.38 bits per heavy atom. The molecule has 0 saturated heterocycles. The fourth-order valence-electron chi connectivity index (χ4n) is 1.39. The first-order valence-electron chi connectivity index (χ1n) is 5.95. The second-order valence-electron chi connectivity index (χ2n) is 4.18. The summed E-state index contributed by atoms with van der Waals surface area (Å²) in [5.41, 5.74) is -0.211. The molecule has 2 N–H and O–H groups in total. The molecule has 0 aliphatic carbocycles. The Kier molecular flexibility index (Phi) is 5.70. The molecule has 116 valence electrons. The number of carbonyl (C=O) groups excluding carboxylic acids is 1. The zero-order valence-corrected chi connectivity index (χ0v) is 13.0. The van der Waals surface area contributed by atoms with Gasteiger partial charge in [-0.1, -0.05) is 11.6 Å². The molecule has 0 aliphatic heterocycles. The van der Waals surface area contributed by atoms with Crippen molar-refractivity contribution in [3.05, 3.63) is 28.8 Å². The zero-order valence-electron chi connectivity index (χ0n) is 11.5. The third-order valence-corrected chi connectivity index (χ3v) is 4.66. The molecular formula is C12H15ClN2O5S. The predicted octanol–water partition coefficient (Wildman–Crippen LogP) is 0.795. The second kappa shape index (κ2) is 6.88. The Bertz CT molecular complexity index is 660. The highest BCUT2D eigenvalue weighted by atomic mass is 35.5. The van der Waals surface area contributed by atoms with E-state index in [-0.39, 0.29) is 15.5 Å². The monoisotopic (exact) mass is 334 g/mol. The van der Waals surface area contributed by atoms with E-state index in [4.69, 9.17) is 16.7 Å². The van der Waals surface area contributed by atoms with Crippen molar-refractivity contribution in [1.82, 2.24) is 9.62 Å². The molecule has 9 heteroatoms. The molecule has 0 saturated carbocycles. The van der Waals surface area contributed by atoms with E-state index < -0.39 is 28.4 Å². The summed E-state index contributed by atoms with van der Waals surface area (Å²) < 4.78 is 26.3. The predicted molar refractivity (Wildman–Crippen MR) is 76.9 cm³/mol. The summed E-state index contributed by atoms with van der Waals surface area (Å²) >= 11 is 5.78. The molecule has 0 atom stereocenters. The number of aromatic carboxylic acids is 1. The number of nitrogens with one attached hydrogen (secondary N) is 1. The topological polar surface area (TPSA) is 104 Å². The lowest BCUT2D eigenvalue weighted by molar-refractivity contribution is -0.128. The van der Waals surface area contributed by atoms with Crippen LogP contribution >= 0.6 is 11.6 Å². The van der Waals surface area contributed by atoms with Crippen LogP contribution in [0.3, 0.4) is 0 Å². The van der Waals surface area contributed by atoms with E-state index in [1.165, 1.54) is 24.1 Å². The first-order chi connectivity index (χ1) is 9.69.